The average Bonchev–Trinajstić information content (AvgIpc) is 3.14. The fourth-order valence-electron chi connectivity index (χ4n) is 1.67. The van der Waals surface area contributed by atoms with Gasteiger partial charge in [0.1, 0.15) is 5.92 Å². The summed E-state index contributed by atoms with van der Waals surface area (Å²) in [7, 11) is 0. The Morgan fingerprint density at radius 2 is 2.06 bits per heavy atom. The van der Waals surface area contributed by atoms with Gasteiger partial charge >= 0.3 is 0 Å². The first-order chi connectivity index (χ1) is 8.22. The number of benzene rings is 1. The summed E-state index contributed by atoms with van der Waals surface area (Å²) >= 11 is 0. The predicted molar refractivity (Wildman–Crippen MR) is 63.8 cm³/mol. The minimum atomic E-state index is -0.721. The first kappa shape index (κ1) is 11.4. The molecular formula is C12H15N3O2. The number of nitrogens with one attached hydrogen (secondary N) is 1. The molecule has 2 rings (SSSR count). The third-order valence-electron chi connectivity index (χ3n) is 2.73. The van der Waals surface area contributed by atoms with Crippen molar-refractivity contribution < 1.29 is 10.0 Å². The number of nitrogens with two attached hydrogens (primary N) is 1. The van der Waals surface area contributed by atoms with Crippen LogP contribution in [0.15, 0.2) is 35.5 Å². The molecule has 1 atom stereocenters. The van der Waals surface area contributed by atoms with Crippen LogP contribution in [0, 0.1) is 0 Å². The number of carbonyl (C=O) groups is 1. The summed E-state index contributed by atoms with van der Waals surface area (Å²) in [4.78, 5) is 12.0. The Balaban J connectivity index is 2.21. The van der Waals surface area contributed by atoms with Crippen LogP contribution < -0.4 is 11.1 Å². The largest absolute Gasteiger partial charge is 0.409 e. The summed E-state index contributed by atoms with van der Waals surface area (Å²) in [6.45, 7) is 0. The summed E-state index contributed by atoms with van der Waals surface area (Å²) in [5.74, 6) is -1.02. The van der Waals surface area contributed by atoms with E-state index in [9.17, 15) is 4.79 Å². The third-order valence-corrected chi connectivity index (χ3v) is 2.73. The molecule has 90 valence electrons. The Morgan fingerprint density at radius 1 is 1.41 bits per heavy atom. The van der Waals surface area contributed by atoms with Crippen molar-refractivity contribution in [3.05, 3.63) is 35.9 Å². The number of amidine groups is 1. The highest BCUT2D eigenvalue weighted by atomic mass is 16.4. The standard InChI is InChI=1S/C12H15N3O2/c13-11(15-17)10(8-4-2-1-3-5-8)12(16)14-9-6-7-9/h1-5,9-10,17H,6-7H2,(H2,13,15)(H,14,16). The van der Waals surface area contributed by atoms with Crippen LogP contribution in [0.1, 0.15) is 24.3 Å². The zero-order chi connectivity index (χ0) is 12.3. The van der Waals surface area contributed by atoms with Crippen LogP contribution in [0.3, 0.4) is 0 Å². The number of carbonyl (C=O) groups excluding carboxylic acids is 1. The van der Waals surface area contributed by atoms with Crippen LogP contribution in [0.5, 0.6) is 0 Å². The SMILES string of the molecule is NC(=NO)C(C(=O)NC1CC1)c1ccccc1. The van der Waals surface area contributed by atoms with E-state index in [1.54, 1.807) is 12.1 Å². The van der Waals surface area contributed by atoms with Gasteiger partial charge in [0.05, 0.1) is 0 Å². The highest BCUT2D eigenvalue weighted by molar-refractivity contribution is 6.07. The Labute approximate surface area is 99.3 Å². The molecule has 1 saturated carbocycles. The maximum atomic E-state index is 12.0. The summed E-state index contributed by atoms with van der Waals surface area (Å²) < 4.78 is 0. The van der Waals surface area contributed by atoms with Gasteiger partial charge in [-0.2, -0.15) is 0 Å². The highest BCUT2D eigenvalue weighted by Crippen LogP contribution is 2.22. The maximum absolute atomic E-state index is 12.0. The van der Waals surface area contributed by atoms with Crippen molar-refractivity contribution in [3.63, 3.8) is 0 Å². The molecule has 17 heavy (non-hydrogen) atoms. The van der Waals surface area contributed by atoms with Crippen LogP contribution in [0.25, 0.3) is 0 Å². The van der Waals surface area contributed by atoms with Gasteiger partial charge in [-0.3, -0.25) is 4.79 Å². The zero-order valence-electron chi connectivity index (χ0n) is 9.34. The van der Waals surface area contributed by atoms with Gasteiger partial charge in [0.25, 0.3) is 0 Å². The van der Waals surface area contributed by atoms with Crippen LogP contribution in [0.2, 0.25) is 0 Å². The lowest BCUT2D eigenvalue weighted by molar-refractivity contribution is -0.121. The number of hydrogen-bond acceptors (Lipinski definition) is 3. The second-order valence-corrected chi connectivity index (χ2v) is 4.15. The third kappa shape index (κ3) is 2.75. The summed E-state index contributed by atoms with van der Waals surface area (Å²) in [5.41, 5.74) is 6.31. The molecular weight excluding hydrogens is 218 g/mol. The molecule has 4 N–H and O–H groups in total. The first-order valence-corrected chi connectivity index (χ1v) is 5.55. The summed E-state index contributed by atoms with van der Waals surface area (Å²) in [6, 6.07) is 9.31. The van der Waals surface area contributed by atoms with Gasteiger partial charge in [0.2, 0.25) is 5.91 Å². The minimum Gasteiger partial charge on any atom is -0.409 e. The van der Waals surface area contributed by atoms with Crippen LogP contribution >= 0.6 is 0 Å². The van der Waals surface area contributed by atoms with Crippen molar-refractivity contribution >= 4 is 11.7 Å². The van der Waals surface area contributed by atoms with Crippen molar-refractivity contribution in [3.8, 4) is 0 Å². The molecule has 5 heteroatoms. The fourth-order valence-corrected chi connectivity index (χ4v) is 1.67. The molecule has 0 heterocycles. The highest BCUT2D eigenvalue weighted by Gasteiger charge is 2.30. The lowest BCUT2D eigenvalue weighted by atomic mass is 9.97. The number of nitrogens with zero attached hydrogens (tertiary/aromatic N) is 1. The van der Waals surface area contributed by atoms with Gasteiger partial charge in [0.15, 0.2) is 5.84 Å². The van der Waals surface area contributed by atoms with E-state index in [1.807, 2.05) is 18.2 Å². The van der Waals surface area contributed by atoms with Gasteiger partial charge < -0.3 is 16.3 Å². The molecule has 0 bridgehead atoms. The topological polar surface area (TPSA) is 87.7 Å². The molecule has 0 aromatic heterocycles. The zero-order valence-corrected chi connectivity index (χ0v) is 9.34. The van der Waals surface area contributed by atoms with Gasteiger partial charge in [-0.1, -0.05) is 35.5 Å². The quantitative estimate of drug-likeness (QED) is 0.311. The van der Waals surface area contributed by atoms with E-state index < -0.39 is 5.92 Å². The van der Waals surface area contributed by atoms with E-state index in [4.69, 9.17) is 10.9 Å². The molecule has 1 amide bonds. The van der Waals surface area contributed by atoms with Gasteiger partial charge in [-0.15, -0.1) is 0 Å². The van der Waals surface area contributed by atoms with Crippen LogP contribution in [0.4, 0.5) is 0 Å². The van der Waals surface area contributed by atoms with Gasteiger partial charge in [-0.05, 0) is 18.4 Å². The second-order valence-electron chi connectivity index (χ2n) is 4.15. The van der Waals surface area contributed by atoms with Crippen LogP contribution in [-0.4, -0.2) is 23.0 Å². The van der Waals surface area contributed by atoms with Crippen molar-refractivity contribution in [2.75, 3.05) is 0 Å². The lowest BCUT2D eigenvalue weighted by Crippen LogP contribution is -2.38. The molecule has 0 saturated heterocycles. The molecule has 0 spiro atoms. The Morgan fingerprint density at radius 3 is 2.59 bits per heavy atom. The lowest BCUT2D eigenvalue weighted by Gasteiger charge is -2.15. The average molecular weight is 233 g/mol. The van der Waals surface area contributed by atoms with Crippen molar-refractivity contribution in [2.24, 2.45) is 10.9 Å². The van der Waals surface area contributed by atoms with Crippen molar-refractivity contribution in [1.82, 2.24) is 5.32 Å². The smallest absolute Gasteiger partial charge is 0.235 e. The van der Waals surface area contributed by atoms with Crippen molar-refractivity contribution in [1.29, 1.82) is 0 Å². The van der Waals surface area contributed by atoms with E-state index in [0.717, 1.165) is 18.4 Å². The molecule has 5 nitrogen and oxygen atoms in total. The molecule has 0 aliphatic heterocycles. The van der Waals surface area contributed by atoms with Crippen molar-refractivity contribution in [2.45, 2.75) is 24.8 Å². The van der Waals surface area contributed by atoms with E-state index in [-0.39, 0.29) is 17.8 Å². The number of hydrogen-bond donors (Lipinski definition) is 3. The van der Waals surface area contributed by atoms with E-state index >= 15 is 0 Å². The van der Waals surface area contributed by atoms with Gasteiger partial charge in [-0.25, -0.2) is 0 Å². The number of oxime groups is 1. The molecule has 1 fully saturated rings. The van der Waals surface area contributed by atoms with E-state index in [0.29, 0.717) is 0 Å². The number of rotatable bonds is 4. The Kier molecular flexibility index (Phi) is 3.27. The van der Waals surface area contributed by atoms with E-state index in [1.165, 1.54) is 0 Å². The molecule has 1 aromatic carbocycles. The Hall–Kier alpha value is -2.04. The predicted octanol–water partition coefficient (Wildman–Crippen LogP) is 0.795. The molecule has 0 radical (unpaired) electrons. The van der Waals surface area contributed by atoms with E-state index in [2.05, 4.69) is 10.5 Å². The summed E-state index contributed by atoms with van der Waals surface area (Å²) in [6.07, 6.45) is 2.01. The van der Waals surface area contributed by atoms with Crippen LogP contribution in [-0.2, 0) is 4.79 Å². The second kappa shape index (κ2) is 4.86. The minimum absolute atomic E-state index is 0.0886. The Bertz CT molecular complexity index is 427. The van der Waals surface area contributed by atoms with Gasteiger partial charge in [0, 0.05) is 6.04 Å². The fraction of sp³-hybridized carbons (Fsp3) is 0.333. The normalized spacial score (nSPS) is 17.5. The molecule has 1 aliphatic rings. The molecule has 1 aliphatic carbocycles. The maximum Gasteiger partial charge on any atom is 0.235 e. The first-order valence-electron chi connectivity index (χ1n) is 5.55. The molecule has 1 aromatic rings. The number of amides is 1. The monoisotopic (exact) mass is 233 g/mol. The summed E-state index contributed by atoms with van der Waals surface area (Å²) in [5, 5.41) is 14.6. The molecule has 1 unspecified atom stereocenters.